The van der Waals surface area contributed by atoms with Gasteiger partial charge in [-0.2, -0.15) is 0 Å². The summed E-state index contributed by atoms with van der Waals surface area (Å²) in [5.74, 6) is -0.775. The van der Waals surface area contributed by atoms with E-state index >= 15 is 0 Å². The van der Waals surface area contributed by atoms with Gasteiger partial charge >= 0.3 is 6.03 Å². The van der Waals surface area contributed by atoms with Crippen molar-refractivity contribution in [2.24, 2.45) is 0 Å². The van der Waals surface area contributed by atoms with Crippen LogP contribution in [0.4, 0.5) is 14.9 Å². The molecule has 4 atom stereocenters. The molecule has 10 nitrogen and oxygen atoms in total. The molecule has 0 radical (unpaired) electrons. The van der Waals surface area contributed by atoms with Gasteiger partial charge < -0.3 is 35.6 Å². The first-order valence-corrected chi connectivity index (χ1v) is 10.3. The number of rotatable bonds is 8. The predicted molar refractivity (Wildman–Crippen MR) is 109 cm³/mol. The molecule has 0 saturated carbocycles. The second-order valence-electron chi connectivity index (χ2n) is 7.55. The summed E-state index contributed by atoms with van der Waals surface area (Å²) in [5, 5.41) is 28.1. The van der Waals surface area contributed by atoms with Gasteiger partial charge in [0.2, 0.25) is 5.91 Å². The number of hydrogen-bond acceptors (Lipinski definition) is 7. The molecule has 2 aliphatic heterocycles. The molecule has 1 aromatic rings. The maximum Gasteiger partial charge on any atom is 0.319 e. The first-order chi connectivity index (χ1) is 14.9. The zero-order valence-electron chi connectivity index (χ0n) is 17.1. The highest BCUT2D eigenvalue weighted by Gasteiger charge is 2.43. The number of aliphatic hydroxyl groups excluding tert-OH is 2. The van der Waals surface area contributed by atoms with Crippen molar-refractivity contribution in [3.8, 4) is 0 Å². The molecule has 3 rings (SSSR count). The average Bonchev–Trinajstić information content (AvgIpc) is 3.01. The molecule has 0 aliphatic carbocycles. The number of carbonyl (C=O) groups is 2. The first kappa shape index (κ1) is 23.4. The first-order valence-electron chi connectivity index (χ1n) is 10.3. The lowest BCUT2D eigenvalue weighted by atomic mass is 10.1. The molecule has 31 heavy (non-hydrogen) atoms. The fraction of sp³-hybridized carbons (Fsp3) is 0.600. The summed E-state index contributed by atoms with van der Waals surface area (Å²) in [4.78, 5) is 26.3. The predicted octanol–water partition coefficient (Wildman–Crippen LogP) is -0.725. The number of urea groups is 1. The third-order valence-corrected chi connectivity index (χ3v) is 5.25. The van der Waals surface area contributed by atoms with Gasteiger partial charge in [-0.25, -0.2) is 9.18 Å². The van der Waals surface area contributed by atoms with Gasteiger partial charge in [-0.3, -0.25) is 9.69 Å². The van der Waals surface area contributed by atoms with Gasteiger partial charge in [0.05, 0.1) is 25.7 Å². The maximum atomic E-state index is 13.2. The van der Waals surface area contributed by atoms with Crippen molar-refractivity contribution in [2.75, 3.05) is 51.3 Å². The molecule has 2 heterocycles. The van der Waals surface area contributed by atoms with Crippen LogP contribution < -0.4 is 16.0 Å². The van der Waals surface area contributed by atoms with Gasteiger partial charge in [-0.1, -0.05) is 6.07 Å². The molecule has 172 valence electrons. The lowest BCUT2D eigenvalue weighted by molar-refractivity contribution is -0.125. The van der Waals surface area contributed by atoms with Crippen molar-refractivity contribution in [2.45, 2.75) is 30.8 Å². The minimum absolute atomic E-state index is 0.0888. The number of hydrogen-bond donors (Lipinski definition) is 5. The van der Waals surface area contributed by atoms with E-state index < -0.39 is 36.3 Å². The van der Waals surface area contributed by atoms with E-state index in [1.165, 1.54) is 18.2 Å². The van der Waals surface area contributed by atoms with Gasteiger partial charge in [0.1, 0.15) is 24.1 Å². The zero-order valence-corrected chi connectivity index (χ0v) is 17.1. The fourth-order valence-corrected chi connectivity index (χ4v) is 3.53. The molecule has 0 spiro atoms. The molecule has 0 aromatic heterocycles. The van der Waals surface area contributed by atoms with Gasteiger partial charge in [-0.05, 0) is 18.2 Å². The van der Waals surface area contributed by atoms with E-state index in [4.69, 9.17) is 9.47 Å². The summed E-state index contributed by atoms with van der Waals surface area (Å²) in [6.07, 6.45) is -4.35. The largest absolute Gasteiger partial charge is 0.388 e. The Hall–Kier alpha value is -2.31. The monoisotopic (exact) mass is 440 g/mol. The highest BCUT2D eigenvalue weighted by molar-refractivity contribution is 5.89. The molecule has 2 fully saturated rings. The van der Waals surface area contributed by atoms with Crippen LogP contribution in [0.1, 0.15) is 6.42 Å². The number of nitrogens with one attached hydrogen (secondary N) is 3. The summed E-state index contributed by atoms with van der Waals surface area (Å²) in [6, 6.07) is 4.80. The summed E-state index contributed by atoms with van der Waals surface area (Å²) < 4.78 is 24.0. The summed E-state index contributed by atoms with van der Waals surface area (Å²) in [7, 11) is 0. The fourth-order valence-electron chi connectivity index (χ4n) is 3.53. The third kappa shape index (κ3) is 7.11. The zero-order chi connectivity index (χ0) is 22.2. The molecule has 3 amide bonds. The van der Waals surface area contributed by atoms with E-state index in [1.54, 1.807) is 0 Å². The Balaban J connectivity index is 1.37. The number of halogens is 1. The summed E-state index contributed by atoms with van der Waals surface area (Å²) >= 11 is 0. The van der Waals surface area contributed by atoms with Crippen molar-refractivity contribution in [3.05, 3.63) is 30.1 Å². The lowest BCUT2D eigenvalue weighted by Gasteiger charge is -2.26. The number of ether oxygens (including phenoxy) is 2. The molecule has 2 saturated heterocycles. The summed E-state index contributed by atoms with van der Waals surface area (Å²) in [5.41, 5.74) is 0.275. The van der Waals surface area contributed by atoms with E-state index in [2.05, 4.69) is 20.9 Å². The molecular formula is C20H29FN4O6. The van der Waals surface area contributed by atoms with Crippen molar-refractivity contribution in [3.63, 3.8) is 0 Å². The van der Waals surface area contributed by atoms with Crippen LogP contribution >= 0.6 is 0 Å². The Labute approximate surface area is 179 Å². The van der Waals surface area contributed by atoms with Crippen LogP contribution in [0.2, 0.25) is 0 Å². The second-order valence-corrected chi connectivity index (χ2v) is 7.55. The van der Waals surface area contributed by atoms with E-state index in [0.717, 1.165) is 19.2 Å². The Bertz CT molecular complexity index is 748. The summed E-state index contributed by atoms with van der Waals surface area (Å²) in [6.45, 7) is 4.11. The van der Waals surface area contributed by atoms with Crippen LogP contribution in [0, 0.1) is 5.82 Å². The van der Waals surface area contributed by atoms with Crippen LogP contribution in [0.25, 0.3) is 0 Å². The standard InChI is InChI=1S/C20H29FN4O6/c21-13-2-1-3-14(10-13)24-20(29)23-12-16-19(28)18(27)15(31-16)11-17(26)22-4-5-25-6-8-30-9-7-25/h1-3,10,15-16,18-19,27-28H,4-9,11-12H2,(H,22,26)(H2,23,24,29). The minimum Gasteiger partial charge on any atom is -0.388 e. The molecular weight excluding hydrogens is 411 g/mol. The number of benzene rings is 1. The third-order valence-electron chi connectivity index (χ3n) is 5.25. The second kappa shape index (κ2) is 11.3. The van der Waals surface area contributed by atoms with Crippen LogP contribution in [-0.2, 0) is 14.3 Å². The highest BCUT2D eigenvalue weighted by atomic mass is 19.1. The van der Waals surface area contributed by atoms with E-state index in [0.29, 0.717) is 26.3 Å². The van der Waals surface area contributed by atoms with Crippen molar-refractivity contribution in [1.82, 2.24) is 15.5 Å². The highest BCUT2D eigenvalue weighted by Crippen LogP contribution is 2.23. The van der Waals surface area contributed by atoms with Crippen molar-refractivity contribution < 1.29 is 33.7 Å². The van der Waals surface area contributed by atoms with E-state index in [-0.39, 0.29) is 24.6 Å². The SMILES string of the molecule is O=C(CC1OC(CNC(=O)Nc2cccc(F)c2)C(O)C1O)NCCN1CCOCC1. The number of aliphatic hydroxyl groups is 2. The van der Waals surface area contributed by atoms with Crippen LogP contribution in [0.15, 0.2) is 24.3 Å². The Morgan fingerprint density at radius 3 is 2.61 bits per heavy atom. The molecule has 4 unspecified atom stereocenters. The number of carbonyl (C=O) groups excluding carboxylic acids is 2. The number of morpholine rings is 1. The number of amides is 3. The van der Waals surface area contributed by atoms with Gasteiger partial charge in [0.25, 0.3) is 0 Å². The molecule has 0 bridgehead atoms. The minimum atomic E-state index is -1.25. The maximum absolute atomic E-state index is 13.2. The molecule has 2 aliphatic rings. The average molecular weight is 440 g/mol. The van der Waals surface area contributed by atoms with Gasteiger partial charge in [0, 0.05) is 38.4 Å². The Morgan fingerprint density at radius 2 is 1.87 bits per heavy atom. The van der Waals surface area contributed by atoms with Crippen molar-refractivity contribution in [1.29, 1.82) is 0 Å². The van der Waals surface area contributed by atoms with E-state index in [1.807, 2.05) is 0 Å². The quantitative estimate of drug-likeness (QED) is 0.360. The molecule has 11 heteroatoms. The smallest absolute Gasteiger partial charge is 0.319 e. The number of anilines is 1. The Kier molecular flexibility index (Phi) is 8.55. The van der Waals surface area contributed by atoms with Crippen molar-refractivity contribution >= 4 is 17.6 Å². The lowest BCUT2D eigenvalue weighted by Crippen LogP contribution is -2.42. The van der Waals surface area contributed by atoms with E-state index in [9.17, 15) is 24.2 Å². The van der Waals surface area contributed by atoms with Gasteiger partial charge in [-0.15, -0.1) is 0 Å². The van der Waals surface area contributed by atoms with Crippen LogP contribution in [0.3, 0.4) is 0 Å². The Morgan fingerprint density at radius 1 is 1.13 bits per heavy atom. The molecule has 1 aromatic carbocycles. The van der Waals surface area contributed by atoms with Crippen LogP contribution in [0.5, 0.6) is 0 Å². The normalized spacial score (nSPS) is 26.4. The molecule has 5 N–H and O–H groups in total. The topological polar surface area (TPSA) is 132 Å². The number of nitrogens with zero attached hydrogens (tertiary/aromatic N) is 1. The van der Waals surface area contributed by atoms with Gasteiger partial charge in [0.15, 0.2) is 0 Å². The van der Waals surface area contributed by atoms with Crippen LogP contribution in [-0.4, -0.2) is 97.4 Å².